The van der Waals surface area contributed by atoms with Gasteiger partial charge in [-0.2, -0.15) is 0 Å². The molecule has 0 aliphatic carbocycles. The zero-order chi connectivity index (χ0) is 18.8. The first-order valence-corrected chi connectivity index (χ1v) is 10.5. The molecule has 148 valence electrons. The second-order valence-electron chi connectivity index (χ2n) is 8.32. The van der Waals surface area contributed by atoms with Crippen LogP contribution in [0, 0.1) is 12.8 Å². The van der Waals surface area contributed by atoms with Crippen LogP contribution in [0.25, 0.3) is 0 Å². The molecule has 3 fully saturated rings. The Bertz CT molecular complexity index is 672. The summed E-state index contributed by atoms with van der Waals surface area (Å²) in [5.74, 6) is 1.03. The Morgan fingerprint density at radius 2 is 1.70 bits per heavy atom. The van der Waals surface area contributed by atoms with Gasteiger partial charge in [-0.15, -0.1) is 0 Å². The summed E-state index contributed by atoms with van der Waals surface area (Å²) in [5, 5.41) is 0. The van der Waals surface area contributed by atoms with E-state index >= 15 is 0 Å². The number of likely N-dealkylation sites (tertiary alicyclic amines) is 3. The minimum Gasteiger partial charge on any atom is -0.459 e. The first-order chi connectivity index (χ1) is 13.1. The molecule has 1 aromatic rings. The Kier molecular flexibility index (Phi) is 5.53. The Balaban J connectivity index is 1.30. The first kappa shape index (κ1) is 18.5. The van der Waals surface area contributed by atoms with Gasteiger partial charge in [-0.05, 0) is 58.1 Å². The molecule has 0 unspecified atom stereocenters. The van der Waals surface area contributed by atoms with E-state index in [4.69, 9.17) is 4.42 Å². The van der Waals surface area contributed by atoms with E-state index in [0.717, 1.165) is 83.4 Å². The van der Waals surface area contributed by atoms with Crippen molar-refractivity contribution in [2.75, 3.05) is 39.3 Å². The number of nitrogens with zero attached hydrogens (tertiary/aromatic N) is 3. The quantitative estimate of drug-likeness (QED) is 0.817. The third-order valence-corrected chi connectivity index (χ3v) is 6.54. The molecule has 0 saturated carbocycles. The summed E-state index contributed by atoms with van der Waals surface area (Å²) in [6, 6.07) is 2.33. The number of carbonyl (C=O) groups is 2. The van der Waals surface area contributed by atoms with Gasteiger partial charge >= 0.3 is 0 Å². The summed E-state index contributed by atoms with van der Waals surface area (Å²) in [4.78, 5) is 31.9. The van der Waals surface area contributed by atoms with Crippen molar-refractivity contribution in [3.05, 3.63) is 23.7 Å². The zero-order valence-electron chi connectivity index (χ0n) is 16.4. The minimum atomic E-state index is 0.0108. The van der Waals surface area contributed by atoms with E-state index < -0.39 is 0 Å². The standard InChI is InChI=1S/C21H31N3O3/c1-16-8-14-27-19(16)21(26)23-12-6-18(7-13-23)24-11-4-5-17(15-24)20(25)22-9-2-3-10-22/h8,14,17-18H,2-7,9-13,15H2,1H3/t17-/m1/s1. The maximum atomic E-state index is 12.8. The molecule has 4 heterocycles. The predicted molar refractivity (Wildman–Crippen MR) is 102 cm³/mol. The van der Waals surface area contributed by atoms with E-state index in [1.807, 2.05) is 17.9 Å². The van der Waals surface area contributed by atoms with Crippen molar-refractivity contribution in [3.8, 4) is 0 Å². The molecule has 3 aliphatic heterocycles. The monoisotopic (exact) mass is 373 g/mol. The van der Waals surface area contributed by atoms with Crippen molar-refractivity contribution in [2.45, 2.75) is 51.5 Å². The smallest absolute Gasteiger partial charge is 0.289 e. The largest absolute Gasteiger partial charge is 0.459 e. The molecule has 0 bridgehead atoms. The molecule has 0 N–H and O–H groups in total. The second-order valence-corrected chi connectivity index (χ2v) is 8.32. The van der Waals surface area contributed by atoms with Crippen molar-refractivity contribution in [1.82, 2.24) is 14.7 Å². The van der Waals surface area contributed by atoms with Crippen LogP contribution in [-0.4, -0.2) is 71.8 Å². The van der Waals surface area contributed by atoms with Crippen LogP contribution < -0.4 is 0 Å². The van der Waals surface area contributed by atoms with Crippen LogP contribution in [0.4, 0.5) is 0 Å². The first-order valence-electron chi connectivity index (χ1n) is 10.5. The summed E-state index contributed by atoms with van der Waals surface area (Å²) in [6.07, 6.45) is 8.00. The summed E-state index contributed by atoms with van der Waals surface area (Å²) in [6.45, 7) is 7.32. The highest BCUT2D eigenvalue weighted by atomic mass is 16.3. The fourth-order valence-electron chi connectivity index (χ4n) is 4.90. The lowest BCUT2D eigenvalue weighted by molar-refractivity contribution is -0.136. The van der Waals surface area contributed by atoms with Crippen molar-refractivity contribution in [3.63, 3.8) is 0 Å². The molecule has 0 aromatic carbocycles. The lowest BCUT2D eigenvalue weighted by atomic mass is 9.93. The van der Waals surface area contributed by atoms with E-state index in [1.54, 1.807) is 6.26 Å². The molecule has 6 heteroatoms. The lowest BCUT2D eigenvalue weighted by Crippen LogP contribution is -2.51. The van der Waals surface area contributed by atoms with Crippen molar-refractivity contribution >= 4 is 11.8 Å². The van der Waals surface area contributed by atoms with E-state index in [0.29, 0.717) is 17.7 Å². The number of piperidine rings is 2. The third-order valence-electron chi connectivity index (χ3n) is 6.54. The number of amides is 2. The van der Waals surface area contributed by atoms with Gasteiger partial charge in [-0.3, -0.25) is 14.5 Å². The molecular formula is C21H31N3O3. The van der Waals surface area contributed by atoms with Crippen LogP contribution in [0.15, 0.2) is 16.7 Å². The number of rotatable bonds is 3. The van der Waals surface area contributed by atoms with Gasteiger partial charge in [0.2, 0.25) is 5.91 Å². The molecule has 1 atom stereocenters. The Morgan fingerprint density at radius 1 is 0.963 bits per heavy atom. The molecule has 1 aromatic heterocycles. The average molecular weight is 373 g/mol. The fourth-order valence-corrected chi connectivity index (χ4v) is 4.90. The third kappa shape index (κ3) is 3.91. The highest BCUT2D eigenvalue weighted by Gasteiger charge is 2.35. The van der Waals surface area contributed by atoms with Crippen LogP contribution in [0.5, 0.6) is 0 Å². The van der Waals surface area contributed by atoms with Gasteiger partial charge in [0.05, 0.1) is 12.2 Å². The van der Waals surface area contributed by atoms with Crippen molar-refractivity contribution in [1.29, 1.82) is 0 Å². The fraction of sp³-hybridized carbons (Fsp3) is 0.714. The number of carbonyl (C=O) groups excluding carboxylic acids is 2. The molecule has 0 radical (unpaired) electrons. The Hall–Kier alpha value is -1.82. The van der Waals surface area contributed by atoms with Crippen molar-refractivity contribution < 1.29 is 14.0 Å². The number of hydrogen-bond donors (Lipinski definition) is 0. The van der Waals surface area contributed by atoms with Gasteiger partial charge in [-0.25, -0.2) is 0 Å². The van der Waals surface area contributed by atoms with E-state index in [1.165, 1.54) is 0 Å². The van der Waals surface area contributed by atoms with Gasteiger partial charge in [0.1, 0.15) is 0 Å². The molecule has 3 saturated heterocycles. The highest BCUT2D eigenvalue weighted by molar-refractivity contribution is 5.92. The minimum absolute atomic E-state index is 0.0108. The van der Waals surface area contributed by atoms with Gasteiger partial charge in [-0.1, -0.05) is 0 Å². The average Bonchev–Trinajstić information content (AvgIpc) is 3.39. The van der Waals surface area contributed by atoms with E-state index in [-0.39, 0.29) is 11.8 Å². The Morgan fingerprint density at radius 3 is 2.37 bits per heavy atom. The maximum Gasteiger partial charge on any atom is 0.289 e. The van der Waals surface area contributed by atoms with Gasteiger partial charge in [0, 0.05) is 44.3 Å². The molecule has 0 spiro atoms. The normalized spacial score (nSPS) is 25.1. The van der Waals surface area contributed by atoms with Crippen LogP contribution >= 0.6 is 0 Å². The highest BCUT2D eigenvalue weighted by Crippen LogP contribution is 2.27. The summed E-state index contributed by atoms with van der Waals surface area (Å²) in [7, 11) is 0. The van der Waals surface area contributed by atoms with Crippen LogP contribution in [0.2, 0.25) is 0 Å². The second kappa shape index (κ2) is 8.05. The van der Waals surface area contributed by atoms with E-state index in [9.17, 15) is 9.59 Å². The molecule has 2 amide bonds. The molecule has 4 rings (SSSR count). The molecule has 6 nitrogen and oxygen atoms in total. The summed E-state index contributed by atoms with van der Waals surface area (Å²) in [5.41, 5.74) is 0.904. The van der Waals surface area contributed by atoms with Crippen LogP contribution in [0.3, 0.4) is 0 Å². The van der Waals surface area contributed by atoms with Crippen molar-refractivity contribution in [2.24, 2.45) is 5.92 Å². The SMILES string of the molecule is Cc1ccoc1C(=O)N1CCC(N2CCC[C@@H](C(=O)N3CCCC3)C2)CC1. The van der Waals surface area contributed by atoms with Gasteiger partial charge < -0.3 is 14.2 Å². The predicted octanol–water partition coefficient (Wildman–Crippen LogP) is 2.53. The lowest BCUT2D eigenvalue weighted by Gasteiger charge is -2.42. The molecule has 27 heavy (non-hydrogen) atoms. The Labute approximate surface area is 161 Å². The number of furan rings is 1. The van der Waals surface area contributed by atoms with Gasteiger partial charge in [0.25, 0.3) is 5.91 Å². The molecular weight excluding hydrogens is 342 g/mol. The maximum absolute atomic E-state index is 12.8. The summed E-state index contributed by atoms with van der Waals surface area (Å²) < 4.78 is 5.37. The van der Waals surface area contributed by atoms with Gasteiger partial charge in [0.15, 0.2) is 5.76 Å². The van der Waals surface area contributed by atoms with Crippen LogP contribution in [0.1, 0.15) is 54.6 Å². The van der Waals surface area contributed by atoms with E-state index in [2.05, 4.69) is 9.80 Å². The zero-order valence-corrected chi connectivity index (χ0v) is 16.4. The van der Waals surface area contributed by atoms with Crippen LogP contribution in [-0.2, 0) is 4.79 Å². The number of hydrogen-bond acceptors (Lipinski definition) is 4. The topological polar surface area (TPSA) is 57.0 Å². The molecule has 3 aliphatic rings. The summed E-state index contributed by atoms with van der Waals surface area (Å²) >= 11 is 0. The number of aryl methyl sites for hydroxylation is 1.